The van der Waals surface area contributed by atoms with Gasteiger partial charge in [0, 0.05) is 41.4 Å². The van der Waals surface area contributed by atoms with Gasteiger partial charge in [0.1, 0.15) is 11.9 Å². The number of rotatable bonds is 6. The molecule has 0 radical (unpaired) electrons. The first kappa shape index (κ1) is 19.7. The zero-order valence-corrected chi connectivity index (χ0v) is 16.4. The van der Waals surface area contributed by atoms with Crippen molar-refractivity contribution in [2.24, 2.45) is 0 Å². The Morgan fingerprint density at radius 1 is 1.21 bits per heavy atom. The standard InChI is InChI=1S/C19H20N4O2.C3H6/c1-3-4-18(25)17-5-12(2)15(10-21-17)16-6-13-9-22-19(23-11-24)7-14(13)8-20-16;1-2-3-1/h5-11,17,21H,3-4H2,1-2H3,(H,22,23,24);1-3H2. The van der Waals surface area contributed by atoms with Crippen molar-refractivity contribution >= 4 is 34.4 Å². The monoisotopic (exact) mass is 378 g/mol. The van der Waals surface area contributed by atoms with Crippen molar-refractivity contribution in [3.8, 4) is 0 Å². The number of hydrogen-bond donors (Lipinski definition) is 2. The van der Waals surface area contributed by atoms with Crippen LogP contribution in [0.4, 0.5) is 5.82 Å². The Labute approximate surface area is 165 Å². The predicted molar refractivity (Wildman–Crippen MR) is 112 cm³/mol. The van der Waals surface area contributed by atoms with Gasteiger partial charge in [-0.05, 0) is 31.1 Å². The second kappa shape index (κ2) is 9.26. The molecule has 1 aliphatic carbocycles. The lowest BCUT2D eigenvalue weighted by Crippen LogP contribution is -2.34. The largest absolute Gasteiger partial charge is 0.378 e. The SMILES string of the molecule is C1CC1.CCCC(=O)C1C=C(C)C(c2cc3cnc(NC=O)cc3cn2)=CN1. The van der Waals surface area contributed by atoms with Crippen LogP contribution in [0.25, 0.3) is 16.3 Å². The van der Waals surface area contributed by atoms with Crippen molar-refractivity contribution in [3.05, 3.63) is 48.1 Å². The average molecular weight is 378 g/mol. The Hall–Kier alpha value is -3.02. The number of anilines is 1. The number of nitrogens with zero attached hydrogens (tertiary/aromatic N) is 2. The highest BCUT2D eigenvalue weighted by atomic mass is 16.1. The van der Waals surface area contributed by atoms with E-state index in [2.05, 4.69) is 20.6 Å². The van der Waals surface area contributed by atoms with Crippen molar-refractivity contribution in [2.75, 3.05) is 5.32 Å². The van der Waals surface area contributed by atoms with Crippen LogP contribution < -0.4 is 10.6 Å². The topological polar surface area (TPSA) is 84.0 Å². The molecule has 2 aromatic heterocycles. The van der Waals surface area contributed by atoms with Crippen molar-refractivity contribution < 1.29 is 9.59 Å². The normalized spacial score (nSPS) is 17.4. The summed E-state index contributed by atoms with van der Waals surface area (Å²) in [6.45, 7) is 3.99. The Bertz CT molecular complexity index is 929. The highest BCUT2D eigenvalue weighted by molar-refractivity contribution is 5.92. The van der Waals surface area contributed by atoms with E-state index in [1.165, 1.54) is 19.3 Å². The summed E-state index contributed by atoms with van der Waals surface area (Å²) in [5.41, 5.74) is 2.79. The molecule has 1 atom stereocenters. The van der Waals surface area contributed by atoms with E-state index >= 15 is 0 Å². The fourth-order valence-electron chi connectivity index (χ4n) is 2.86. The number of aromatic nitrogens is 2. The van der Waals surface area contributed by atoms with Crippen LogP contribution in [-0.2, 0) is 9.59 Å². The molecule has 3 heterocycles. The first-order valence-corrected chi connectivity index (χ1v) is 9.76. The van der Waals surface area contributed by atoms with Gasteiger partial charge in [-0.3, -0.25) is 14.6 Å². The van der Waals surface area contributed by atoms with Gasteiger partial charge in [-0.1, -0.05) is 32.3 Å². The number of ketones is 1. The molecule has 28 heavy (non-hydrogen) atoms. The second-order valence-corrected chi connectivity index (χ2v) is 7.08. The van der Waals surface area contributed by atoms with Crippen molar-refractivity contribution in [1.29, 1.82) is 0 Å². The van der Waals surface area contributed by atoms with Crippen LogP contribution in [0, 0.1) is 0 Å². The van der Waals surface area contributed by atoms with Crippen LogP contribution >= 0.6 is 0 Å². The van der Waals surface area contributed by atoms with Gasteiger partial charge in [-0.15, -0.1) is 0 Å². The summed E-state index contributed by atoms with van der Waals surface area (Å²) >= 11 is 0. The molecule has 2 aromatic rings. The zero-order chi connectivity index (χ0) is 19.9. The van der Waals surface area contributed by atoms with E-state index in [1.54, 1.807) is 18.5 Å². The molecule has 1 fully saturated rings. The predicted octanol–water partition coefficient (Wildman–Crippen LogP) is 4.00. The minimum absolute atomic E-state index is 0.197. The van der Waals surface area contributed by atoms with Crippen LogP contribution in [0.15, 0.2) is 42.4 Å². The van der Waals surface area contributed by atoms with E-state index in [-0.39, 0.29) is 11.8 Å². The molecular formula is C22H26N4O2. The lowest BCUT2D eigenvalue weighted by molar-refractivity contribution is -0.119. The number of fused-ring (bicyclic) bond motifs is 1. The molecule has 0 bridgehead atoms. The van der Waals surface area contributed by atoms with Crippen molar-refractivity contribution in [3.63, 3.8) is 0 Å². The van der Waals surface area contributed by atoms with Crippen LogP contribution in [0.3, 0.4) is 0 Å². The van der Waals surface area contributed by atoms with Crippen molar-refractivity contribution in [2.45, 2.75) is 52.0 Å². The van der Waals surface area contributed by atoms with Crippen molar-refractivity contribution in [1.82, 2.24) is 15.3 Å². The molecule has 6 heteroatoms. The molecule has 1 aliphatic heterocycles. The summed E-state index contributed by atoms with van der Waals surface area (Å²) in [6, 6.07) is 3.46. The zero-order valence-electron chi connectivity index (χ0n) is 16.4. The molecule has 146 valence electrons. The third kappa shape index (κ3) is 5.03. The highest BCUT2D eigenvalue weighted by Crippen LogP contribution is 2.27. The summed E-state index contributed by atoms with van der Waals surface area (Å²) in [7, 11) is 0. The number of allylic oxidation sites excluding steroid dienone is 2. The number of nitrogens with one attached hydrogen (secondary N) is 2. The molecule has 0 spiro atoms. The van der Waals surface area contributed by atoms with Gasteiger partial charge in [0.15, 0.2) is 5.78 Å². The molecule has 2 N–H and O–H groups in total. The van der Waals surface area contributed by atoms with Crippen LogP contribution in [0.1, 0.15) is 51.6 Å². The maximum absolute atomic E-state index is 12.1. The number of carbonyl (C=O) groups excluding carboxylic acids is 2. The first-order chi connectivity index (χ1) is 13.6. The van der Waals surface area contributed by atoms with Gasteiger partial charge in [-0.25, -0.2) is 4.98 Å². The number of hydrogen-bond acceptors (Lipinski definition) is 5. The Kier molecular flexibility index (Phi) is 6.53. The molecule has 6 nitrogen and oxygen atoms in total. The van der Waals surface area contributed by atoms with E-state index in [0.29, 0.717) is 18.6 Å². The molecule has 0 aromatic carbocycles. The first-order valence-electron chi connectivity index (χ1n) is 9.76. The number of amides is 1. The lowest BCUT2D eigenvalue weighted by atomic mass is 9.96. The molecule has 2 aliphatic rings. The molecular weight excluding hydrogens is 352 g/mol. The number of pyridine rings is 2. The fourth-order valence-corrected chi connectivity index (χ4v) is 2.86. The van der Waals surface area contributed by atoms with Crippen LogP contribution in [-0.4, -0.2) is 28.2 Å². The fraction of sp³-hybridized carbons (Fsp3) is 0.364. The molecule has 4 rings (SSSR count). The van der Waals surface area contributed by atoms with Gasteiger partial charge >= 0.3 is 0 Å². The third-order valence-electron chi connectivity index (χ3n) is 4.53. The smallest absolute Gasteiger partial charge is 0.212 e. The average Bonchev–Trinajstić information content (AvgIpc) is 3.57. The quantitative estimate of drug-likeness (QED) is 0.743. The number of carbonyl (C=O) groups is 2. The van der Waals surface area contributed by atoms with Gasteiger partial charge in [0.2, 0.25) is 6.41 Å². The second-order valence-electron chi connectivity index (χ2n) is 7.08. The molecule has 0 saturated heterocycles. The third-order valence-corrected chi connectivity index (χ3v) is 4.53. The van der Waals surface area contributed by atoms with Gasteiger partial charge in [0.05, 0.1) is 5.69 Å². The minimum atomic E-state index is -0.261. The maximum atomic E-state index is 12.1. The summed E-state index contributed by atoms with van der Waals surface area (Å²) in [6.07, 6.45) is 13.8. The Morgan fingerprint density at radius 3 is 2.57 bits per heavy atom. The number of dihydropyridines is 1. The summed E-state index contributed by atoms with van der Waals surface area (Å²) in [4.78, 5) is 31.3. The summed E-state index contributed by atoms with van der Waals surface area (Å²) in [5, 5.41) is 7.52. The van der Waals surface area contributed by atoms with E-state index in [4.69, 9.17) is 0 Å². The summed E-state index contributed by atoms with van der Waals surface area (Å²) in [5.74, 6) is 0.687. The highest BCUT2D eigenvalue weighted by Gasteiger charge is 2.20. The lowest BCUT2D eigenvalue weighted by Gasteiger charge is -2.21. The van der Waals surface area contributed by atoms with Crippen LogP contribution in [0.5, 0.6) is 0 Å². The van der Waals surface area contributed by atoms with E-state index in [0.717, 1.165) is 34.0 Å². The molecule has 1 amide bonds. The van der Waals surface area contributed by atoms with Gasteiger partial charge in [0.25, 0.3) is 0 Å². The van der Waals surface area contributed by atoms with E-state index < -0.39 is 0 Å². The minimum Gasteiger partial charge on any atom is -0.378 e. The van der Waals surface area contributed by atoms with Gasteiger partial charge < -0.3 is 10.6 Å². The Morgan fingerprint density at radius 2 is 1.93 bits per heavy atom. The van der Waals surface area contributed by atoms with E-state index in [9.17, 15) is 9.59 Å². The van der Waals surface area contributed by atoms with E-state index in [1.807, 2.05) is 32.2 Å². The van der Waals surface area contributed by atoms with Gasteiger partial charge in [-0.2, -0.15) is 0 Å². The Balaban J connectivity index is 0.000000684. The molecule has 1 saturated carbocycles. The van der Waals surface area contributed by atoms with Crippen LogP contribution in [0.2, 0.25) is 0 Å². The maximum Gasteiger partial charge on any atom is 0.212 e. The molecule has 1 unspecified atom stereocenters. The number of Topliss-reactive ketones (excluding diaryl/α,β-unsaturated/α-hetero) is 1. The summed E-state index contributed by atoms with van der Waals surface area (Å²) < 4.78 is 0.